The molecule has 2 nitrogen and oxygen atoms in total. The first kappa shape index (κ1) is 12.2. The second kappa shape index (κ2) is 4.52. The van der Waals surface area contributed by atoms with Crippen molar-refractivity contribution in [3.05, 3.63) is 35.4 Å². The summed E-state index contributed by atoms with van der Waals surface area (Å²) in [5.41, 5.74) is 2.07. The predicted octanol–water partition coefficient (Wildman–Crippen LogP) is 3.40. The van der Waals surface area contributed by atoms with E-state index in [1.54, 1.807) is 0 Å². The molecule has 0 aromatic heterocycles. The molecule has 92 valence electrons. The van der Waals surface area contributed by atoms with Crippen LogP contribution < -0.4 is 0 Å². The average Bonchev–Trinajstić information content (AvgIpc) is 2.28. The van der Waals surface area contributed by atoms with Crippen molar-refractivity contribution in [1.29, 1.82) is 0 Å². The third-order valence-corrected chi connectivity index (χ3v) is 3.91. The molecule has 17 heavy (non-hydrogen) atoms. The number of hydrogen-bond acceptors (Lipinski definition) is 2. The number of rotatable bonds is 3. The quantitative estimate of drug-likeness (QED) is 0.746. The summed E-state index contributed by atoms with van der Waals surface area (Å²) in [5.74, 6) is 0.445. The lowest BCUT2D eigenvalue weighted by Crippen LogP contribution is -2.43. The molecular formula is C15H20O2. The molecule has 1 aliphatic carbocycles. The van der Waals surface area contributed by atoms with Gasteiger partial charge in [0, 0.05) is 0 Å². The fourth-order valence-corrected chi connectivity index (χ4v) is 2.52. The van der Waals surface area contributed by atoms with Gasteiger partial charge in [-0.05, 0) is 29.9 Å². The van der Waals surface area contributed by atoms with Crippen molar-refractivity contribution in [1.82, 2.24) is 0 Å². The van der Waals surface area contributed by atoms with Gasteiger partial charge in [0.05, 0.1) is 12.5 Å². The Balaban J connectivity index is 2.29. The van der Waals surface area contributed by atoms with Crippen molar-refractivity contribution in [2.75, 3.05) is 7.11 Å². The molecule has 0 saturated heterocycles. The number of methoxy groups -OCH3 is 1. The molecular weight excluding hydrogens is 212 g/mol. The summed E-state index contributed by atoms with van der Waals surface area (Å²) in [6.07, 6.45) is 2.95. The van der Waals surface area contributed by atoms with E-state index in [1.807, 2.05) is 0 Å². The SMILES string of the molecule is COC(=O)C1(c2ccc(C(C)C)cc2)CCC1. The van der Waals surface area contributed by atoms with Gasteiger partial charge in [-0.2, -0.15) is 0 Å². The zero-order valence-corrected chi connectivity index (χ0v) is 10.8. The van der Waals surface area contributed by atoms with Crippen LogP contribution in [0.5, 0.6) is 0 Å². The van der Waals surface area contributed by atoms with E-state index >= 15 is 0 Å². The number of carbonyl (C=O) groups excluding carboxylic acids is 1. The molecule has 0 spiro atoms. The highest BCUT2D eigenvalue weighted by molar-refractivity contribution is 5.84. The van der Waals surface area contributed by atoms with Crippen LogP contribution in [-0.2, 0) is 14.9 Å². The van der Waals surface area contributed by atoms with Gasteiger partial charge in [0.2, 0.25) is 0 Å². The monoisotopic (exact) mass is 232 g/mol. The molecule has 0 atom stereocenters. The summed E-state index contributed by atoms with van der Waals surface area (Å²) in [7, 11) is 1.48. The number of benzene rings is 1. The van der Waals surface area contributed by atoms with Crippen molar-refractivity contribution < 1.29 is 9.53 Å². The van der Waals surface area contributed by atoms with Crippen molar-refractivity contribution in [3.63, 3.8) is 0 Å². The van der Waals surface area contributed by atoms with E-state index in [4.69, 9.17) is 4.74 Å². The zero-order valence-electron chi connectivity index (χ0n) is 10.8. The van der Waals surface area contributed by atoms with E-state index in [1.165, 1.54) is 12.7 Å². The van der Waals surface area contributed by atoms with Gasteiger partial charge in [0.25, 0.3) is 0 Å². The lowest BCUT2D eigenvalue weighted by Gasteiger charge is -2.39. The van der Waals surface area contributed by atoms with E-state index in [2.05, 4.69) is 38.1 Å². The Morgan fingerprint density at radius 3 is 2.18 bits per heavy atom. The molecule has 1 saturated carbocycles. The van der Waals surface area contributed by atoms with E-state index < -0.39 is 0 Å². The van der Waals surface area contributed by atoms with Gasteiger partial charge in [0.15, 0.2) is 0 Å². The number of ether oxygens (including phenoxy) is 1. The fourth-order valence-electron chi connectivity index (χ4n) is 2.52. The van der Waals surface area contributed by atoms with Gasteiger partial charge in [-0.15, -0.1) is 0 Å². The highest BCUT2D eigenvalue weighted by Gasteiger charge is 2.46. The molecule has 0 unspecified atom stereocenters. The topological polar surface area (TPSA) is 26.3 Å². The first-order valence-corrected chi connectivity index (χ1v) is 6.29. The van der Waals surface area contributed by atoms with Gasteiger partial charge in [-0.1, -0.05) is 44.5 Å². The van der Waals surface area contributed by atoms with Crippen molar-refractivity contribution in [2.45, 2.75) is 44.4 Å². The summed E-state index contributed by atoms with van der Waals surface area (Å²) in [5, 5.41) is 0. The van der Waals surface area contributed by atoms with Crippen LogP contribution in [0.15, 0.2) is 24.3 Å². The Hall–Kier alpha value is -1.31. The average molecular weight is 232 g/mol. The van der Waals surface area contributed by atoms with Crippen LogP contribution in [-0.4, -0.2) is 13.1 Å². The molecule has 1 fully saturated rings. The standard InChI is InChI=1S/C15H20O2/c1-11(2)12-5-7-13(8-6-12)15(9-4-10-15)14(16)17-3/h5-8,11H,4,9-10H2,1-3H3. The Bertz CT molecular complexity index is 399. The van der Waals surface area contributed by atoms with E-state index in [0.29, 0.717) is 5.92 Å². The Kier molecular flexibility index (Phi) is 3.23. The molecule has 1 aromatic rings. The fraction of sp³-hybridized carbons (Fsp3) is 0.533. The first-order chi connectivity index (χ1) is 8.10. The molecule has 0 radical (unpaired) electrons. The Morgan fingerprint density at radius 2 is 1.82 bits per heavy atom. The van der Waals surface area contributed by atoms with Gasteiger partial charge in [0.1, 0.15) is 0 Å². The van der Waals surface area contributed by atoms with Crippen LogP contribution in [0.3, 0.4) is 0 Å². The van der Waals surface area contributed by atoms with Gasteiger partial charge >= 0.3 is 5.97 Å². The Labute approximate surface area is 103 Å². The third-order valence-electron chi connectivity index (χ3n) is 3.91. The molecule has 0 aliphatic heterocycles. The predicted molar refractivity (Wildman–Crippen MR) is 68.1 cm³/mol. The summed E-state index contributed by atoms with van der Waals surface area (Å²) in [6, 6.07) is 8.43. The van der Waals surface area contributed by atoms with Crippen molar-refractivity contribution >= 4 is 5.97 Å². The summed E-state index contributed by atoms with van der Waals surface area (Å²) >= 11 is 0. The molecule has 0 bridgehead atoms. The maximum absolute atomic E-state index is 11.9. The third kappa shape index (κ3) is 1.97. The number of esters is 1. The molecule has 2 rings (SSSR count). The number of hydrogen-bond donors (Lipinski definition) is 0. The van der Waals surface area contributed by atoms with Gasteiger partial charge in [-0.25, -0.2) is 0 Å². The lowest BCUT2D eigenvalue weighted by molar-refractivity contribution is -0.151. The minimum atomic E-state index is -0.357. The Morgan fingerprint density at radius 1 is 1.24 bits per heavy atom. The zero-order chi connectivity index (χ0) is 12.5. The van der Waals surface area contributed by atoms with Crippen LogP contribution in [0, 0.1) is 0 Å². The van der Waals surface area contributed by atoms with Gasteiger partial charge < -0.3 is 4.74 Å². The normalized spacial score (nSPS) is 17.6. The molecule has 0 N–H and O–H groups in total. The summed E-state index contributed by atoms with van der Waals surface area (Å²) in [6.45, 7) is 4.35. The van der Waals surface area contributed by atoms with E-state index in [-0.39, 0.29) is 11.4 Å². The summed E-state index contributed by atoms with van der Waals surface area (Å²) in [4.78, 5) is 11.9. The second-order valence-electron chi connectivity index (χ2n) is 5.20. The van der Waals surface area contributed by atoms with Crippen LogP contribution in [0.1, 0.15) is 50.2 Å². The second-order valence-corrected chi connectivity index (χ2v) is 5.20. The minimum Gasteiger partial charge on any atom is -0.468 e. The van der Waals surface area contributed by atoms with Crippen LogP contribution >= 0.6 is 0 Å². The minimum absolute atomic E-state index is 0.0824. The van der Waals surface area contributed by atoms with Crippen molar-refractivity contribution in [2.24, 2.45) is 0 Å². The highest BCUT2D eigenvalue weighted by Crippen LogP contribution is 2.44. The molecule has 1 aromatic carbocycles. The van der Waals surface area contributed by atoms with Gasteiger partial charge in [-0.3, -0.25) is 4.79 Å². The van der Waals surface area contributed by atoms with E-state index in [0.717, 1.165) is 24.8 Å². The molecule has 1 aliphatic rings. The van der Waals surface area contributed by atoms with Crippen LogP contribution in [0.25, 0.3) is 0 Å². The highest BCUT2D eigenvalue weighted by atomic mass is 16.5. The van der Waals surface area contributed by atoms with E-state index in [9.17, 15) is 4.79 Å². The maximum atomic E-state index is 11.9. The molecule has 0 heterocycles. The summed E-state index contributed by atoms with van der Waals surface area (Å²) < 4.78 is 4.95. The van der Waals surface area contributed by atoms with Crippen LogP contribution in [0.4, 0.5) is 0 Å². The lowest BCUT2D eigenvalue weighted by atomic mass is 9.64. The smallest absolute Gasteiger partial charge is 0.316 e. The molecule has 0 amide bonds. The maximum Gasteiger partial charge on any atom is 0.316 e. The van der Waals surface area contributed by atoms with Crippen LogP contribution in [0.2, 0.25) is 0 Å². The molecule has 2 heteroatoms. The first-order valence-electron chi connectivity index (χ1n) is 6.29. The largest absolute Gasteiger partial charge is 0.468 e. The number of carbonyl (C=O) groups is 1. The van der Waals surface area contributed by atoms with Crippen molar-refractivity contribution in [3.8, 4) is 0 Å².